The summed E-state index contributed by atoms with van der Waals surface area (Å²) in [6.45, 7) is 0. The fraction of sp³-hybridized carbons (Fsp3) is 0.500. The van der Waals surface area contributed by atoms with E-state index in [2.05, 4.69) is 11.1 Å². The van der Waals surface area contributed by atoms with Crippen LogP contribution in [0.5, 0.6) is 0 Å². The summed E-state index contributed by atoms with van der Waals surface area (Å²) >= 11 is 0. The summed E-state index contributed by atoms with van der Waals surface area (Å²) in [5, 5.41) is 0. The van der Waals surface area contributed by atoms with Gasteiger partial charge in [0.05, 0.1) is 5.92 Å². The van der Waals surface area contributed by atoms with Crippen LogP contribution in [0.2, 0.25) is 0 Å². The highest BCUT2D eigenvalue weighted by atomic mass is 16.1. The number of Topliss-reactive ketones (excluding diaryl/α,β-unsaturated/α-hetero) is 1. The minimum atomic E-state index is 0.133. The molecule has 2 rings (SSSR count). The average Bonchev–Trinajstić information content (AvgIpc) is 2.36. The minimum Gasteiger partial charge on any atom is -0.299 e. The van der Waals surface area contributed by atoms with Gasteiger partial charge in [0.25, 0.3) is 0 Å². The van der Waals surface area contributed by atoms with Gasteiger partial charge in [-0.2, -0.15) is 0 Å². The first-order valence-corrected chi connectivity index (χ1v) is 3.63. The molecular formula is C8H9NO. The van der Waals surface area contributed by atoms with Crippen molar-refractivity contribution in [3.63, 3.8) is 0 Å². The average molecular weight is 135 g/mol. The van der Waals surface area contributed by atoms with Crippen molar-refractivity contribution in [2.45, 2.75) is 19.3 Å². The number of carbonyl (C=O) groups excluding carboxylic acids is 1. The third-order valence-corrected chi connectivity index (χ3v) is 2.07. The SMILES string of the molecule is O=C1CCC=C2N=CCC12. The monoisotopic (exact) mass is 135 g/mol. The minimum absolute atomic E-state index is 0.133. The molecular weight excluding hydrogens is 126 g/mol. The van der Waals surface area contributed by atoms with Gasteiger partial charge in [0, 0.05) is 18.3 Å². The van der Waals surface area contributed by atoms with Crippen LogP contribution in [-0.4, -0.2) is 12.0 Å². The zero-order valence-corrected chi connectivity index (χ0v) is 5.71. The van der Waals surface area contributed by atoms with Crippen molar-refractivity contribution in [3.8, 4) is 0 Å². The van der Waals surface area contributed by atoms with Crippen LogP contribution >= 0.6 is 0 Å². The molecule has 1 heterocycles. The van der Waals surface area contributed by atoms with Crippen molar-refractivity contribution in [2.24, 2.45) is 10.9 Å². The first-order chi connectivity index (χ1) is 4.88. The molecule has 1 atom stereocenters. The maximum Gasteiger partial charge on any atom is 0.142 e. The molecule has 2 nitrogen and oxygen atoms in total. The van der Waals surface area contributed by atoms with Crippen molar-refractivity contribution in [2.75, 3.05) is 0 Å². The molecule has 0 N–H and O–H groups in total. The summed E-state index contributed by atoms with van der Waals surface area (Å²) in [5.41, 5.74) is 1.01. The van der Waals surface area contributed by atoms with Crippen LogP contribution < -0.4 is 0 Å². The molecule has 1 aliphatic heterocycles. The van der Waals surface area contributed by atoms with Crippen LogP contribution in [0, 0.1) is 5.92 Å². The Balaban J connectivity index is 2.32. The maximum absolute atomic E-state index is 11.2. The molecule has 0 fully saturated rings. The van der Waals surface area contributed by atoms with Crippen molar-refractivity contribution < 1.29 is 4.79 Å². The Morgan fingerprint density at radius 3 is 3.30 bits per heavy atom. The normalized spacial score (nSPS) is 30.2. The molecule has 0 aromatic carbocycles. The lowest BCUT2D eigenvalue weighted by Gasteiger charge is -2.12. The first-order valence-electron chi connectivity index (χ1n) is 3.63. The Morgan fingerprint density at radius 2 is 2.50 bits per heavy atom. The van der Waals surface area contributed by atoms with Crippen LogP contribution in [0.3, 0.4) is 0 Å². The van der Waals surface area contributed by atoms with E-state index in [-0.39, 0.29) is 5.92 Å². The second-order valence-corrected chi connectivity index (χ2v) is 2.73. The first kappa shape index (κ1) is 5.83. The summed E-state index contributed by atoms with van der Waals surface area (Å²) in [6.07, 6.45) is 6.37. The predicted octanol–water partition coefficient (Wildman–Crippen LogP) is 1.32. The third-order valence-electron chi connectivity index (χ3n) is 2.07. The number of ketones is 1. The lowest BCUT2D eigenvalue weighted by molar-refractivity contribution is -0.121. The van der Waals surface area contributed by atoms with Gasteiger partial charge in [-0.1, -0.05) is 6.08 Å². The molecule has 2 heteroatoms. The van der Waals surface area contributed by atoms with Gasteiger partial charge >= 0.3 is 0 Å². The third kappa shape index (κ3) is 0.719. The van der Waals surface area contributed by atoms with Gasteiger partial charge in [-0.15, -0.1) is 0 Å². The van der Waals surface area contributed by atoms with E-state index in [0.29, 0.717) is 5.78 Å². The van der Waals surface area contributed by atoms with Gasteiger partial charge in [0.1, 0.15) is 5.78 Å². The maximum atomic E-state index is 11.2. The molecule has 0 spiro atoms. The predicted molar refractivity (Wildman–Crippen MR) is 38.9 cm³/mol. The fourth-order valence-corrected chi connectivity index (χ4v) is 1.50. The van der Waals surface area contributed by atoms with E-state index in [0.717, 1.165) is 25.0 Å². The van der Waals surface area contributed by atoms with Crippen molar-refractivity contribution >= 4 is 12.0 Å². The number of hydrogen-bond donors (Lipinski definition) is 0. The molecule has 1 aliphatic carbocycles. The number of allylic oxidation sites excluding steroid dienone is 2. The van der Waals surface area contributed by atoms with Gasteiger partial charge in [-0.3, -0.25) is 9.79 Å². The molecule has 2 aliphatic rings. The molecule has 0 aromatic heterocycles. The van der Waals surface area contributed by atoms with Crippen molar-refractivity contribution in [1.82, 2.24) is 0 Å². The van der Waals surface area contributed by atoms with Crippen LogP contribution in [0.4, 0.5) is 0 Å². The van der Waals surface area contributed by atoms with Crippen LogP contribution in [-0.2, 0) is 4.79 Å². The van der Waals surface area contributed by atoms with Crippen LogP contribution in [0.15, 0.2) is 16.8 Å². The molecule has 0 saturated carbocycles. The molecule has 52 valence electrons. The molecule has 0 radical (unpaired) electrons. The highest BCUT2D eigenvalue weighted by Gasteiger charge is 2.27. The van der Waals surface area contributed by atoms with E-state index >= 15 is 0 Å². The van der Waals surface area contributed by atoms with Crippen molar-refractivity contribution in [3.05, 3.63) is 11.8 Å². The number of fused-ring (bicyclic) bond motifs is 1. The number of carbonyl (C=O) groups is 1. The highest BCUT2D eigenvalue weighted by Crippen LogP contribution is 2.28. The molecule has 0 saturated heterocycles. The number of aliphatic imine (C=N–C) groups is 1. The van der Waals surface area contributed by atoms with Crippen LogP contribution in [0.1, 0.15) is 19.3 Å². The lowest BCUT2D eigenvalue weighted by Crippen LogP contribution is -2.16. The summed E-state index contributed by atoms with van der Waals surface area (Å²) in [4.78, 5) is 15.3. The Morgan fingerprint density at radius 1 is 1.60 bits per heavy atom. The number of hydrogen-bond acceptors (Lipinski definition) is 2. The van der Waals surface area contributed by atoms with E-state index in [1.165, 1.54) is 0 Å². The summed E-state index contributed by atoms with van der Waals surface area (Å²) in [5.74, 6) is 0.503. The summed E-state index contributed by atoms with van der Waals surface area (Å²) in [7, 11) is 0. The largest absolute Gasteiger partial charge is 0.299 e. The Kier molecular flexibility index (Phi) is 1.19. The Labute approximate surface area is 59.6 Å². The van der Waals surface area contributed by atoms with E-state index < -0.39 is 0 Å². The smallest absolute Gasteiger partial charge is 0.142 e. The Hall–Kier alpha value is -0.920. The van der Waals surface area contributed by atoms with Crippen molar-refractivity contribution in [1.29, 1.82) is 0 Å². The summed E-state index contributed by atoms with van der Waals surface area (Å²) < 4.78 is 0. The van der Waals surface area contributed by atoms with E-state index in [1.807, 2.05) is 6.21 Å². The van der Waals surface area contributed by atoms with Gasteiger partial charge in [0.15, 0.2) is 0 Å². The Bertz CT molecular complexity index is 227. The quantitative estimate of drug-likeness (QED) is 0.492. The topological polar surface area (TPSA) is 29.4 Å². The zero-order valence-electron chi connectivity index (χ0n) is 5.71. The van der Waals surface area contributed by atoms with E-state index in [4.69, 9.17) is 0 Å². The standard InChI is InChI=1S/C8H9NO/c10-8-3-1-2-7-6(8)4-5-9-7/h2,5-6H,1,3-4H2. The van der Waals surface area contributed by atoms with E-state index in [1.54, 1.807) is 0 Å². The van der Waals surface area contributed by atoms with Gasteiger partial charge in [0.2, 0.25) is 0 Å². The second-order valence-electron chi connectivity index (χ2n) is 2.73. The van der Waals surface area contributed by atoms with Gasteiger partial charge in [-0.05, 0) is 12.8 Å². The zero-order chi connectivity index (χ0) is 6.97. The van der Waals surface area contributed by atoms with Gasteiger partial charge in [-0.25, -0.2) is 0 Å². The molecule has 0 amide bonds. The lowest BCUT2D eigenvalue weighted by atomic mass is 9.91. The fourth-order valence-electron chi connectivity index (χ4n) is 1.50. The van der Waals surface area contributed by atoms with Gasteiger partial charge < -0.3 is 0 Å². The second kappa shape index (κ2) is 2.04. The molecule has 1 unspecified atom stereocenters. The molecule has 0 bridgehead atoms. The summed E-state index contributed by atoms with van der Waals surface area (Å²) in [6, 6.07) is 0. The van der Waals surface area contributed by atoms with E-state index in [9.17, 15) is 4.79 Å². The number of rotatable bonds is 0. The molecule has 0 aromatic rings. The highest BCUT2D eigenvalue weighted by molar-refractivity contribution is 5.89. The molecule has 10 heavy (non-hydrogen) atoms. The number of nitrogens with zero attached hydrogens (tertiary/aromatic N) is 1. The van der Waals surface area contributed by atoms with Crippen LogP contribution in [0.25, 0.3) is 0 Å².